The Kier molecular flexibility index (Phi) is 9.08. The van der Waals surface area contributed by atoms with Gasteiger partial charge in [-0.15, -0.1) is 0 Å². The van der Waals surface area contributed by atoms with E-state index in [9.17, 15) is 27.3 Å². The summed E-state index contributed by atoms with van der Waals surface area (Å²) in [5, 5.41) is 2.50. The molecule has 2 aliphatic rings. The van der Waals surface area contributed by atoms with Crippen molar-refractivity contribution in [3.05, 3.63) is 81.5 Å². The molecule has 3 aromatic rings. The highest BCUT2D eigenvalue weighted by Gasteiger charge is 2.35. The molecule has 0 radical (unpaired) electrons. The standard InChI is InChI=1S/C32H33F3N5O4P/c1-20-4-8-26(29(36)41)28(25(20)9-5-21-14-24-18-44-31(42)38-30(24)37-16-21)22-6-7-23(27(15-22)32(33,34)35)17-39-10-12-40(13-11-39)19-45(2,3)43/h4,6-8,14-16H,10-13,17-19H2,1-3H3,(H2,36,41)(H,37,38,42). The SMILES string of the molecule is Cc1ccc(C(N)=O)c(-c2ccc(CN3CCN(CP(C)(C)=O)CC3)c(C(F)(F)F)c2)c1C#Cc1cnc2c(c1)COC(=O)N2. The van der Waals surface area contributed by atoms with Crippen molar-refractivity contribution in [2.45, 2.75) is 26.3 Å². The molecule has 0 bridgehead atoms. The van der Waals surface area contributed by atoms with Gasteiger partial charge in [-0.2, -0.15) is 13.2 Å². The number of nitrogens with two attached hydrogens (primary N) is 1. The van der Waals surface area contributed by atoms with Gasteiger partial charge < -0.3 is 15.0 Å². The molecule has 2 aromatic carbocycles. The molecule has 0 unspecified atom stereocenters. The number of aromatic nitrogens is 1. The van der Waals surface area contributed by atoms with Crippen LogP contribution in [0.5, 0.6) is 0 Å². The van der Waals surface area contributed by atoms with Gasteiger partial charge in [0.1, 0.15) is 12.4 Å². The molecule has 0 spiro atoms. The van der Waals surface area contributed by atoms with Gasteiger partial charge in [0, 0.05) is 66.7 Å². The van der Waals surface area contributed by atoms with Crippen LogP contribution in [0.1, 0.15) is 43.7 Å². The molecule has 9 nitrogen and oxygen atoms in total. The predicted molar refractivity (Wildman–Crippen MR) is 165 cm³/mol. The molecule has 3 N–H and O–H groups in total. The summed E-state index contributed by atoms with van der Waals surface area (Å²) in [5.74, 6) is 5.57. The van der Waals surface area contributed by atoms with Crippen molar-refractivity contribution in [3.63, 3.8) is 0 Å². The minimum absolute atomic E-state index is 0.0208. The molecule has 1 saturated heterocycles. The van der Waals surface area contributed by atoms with E-state index in [-0.39, 0.29) is 35.4 Å². The number of benzene rings is 2. The van der Waals surface area contributed by atoms with E-state index in [0.717, 1.165) is 6.07 Å². The van der Waals surface area contributed by atoms with Gasteiger partial charge in [-0.25, -0.2) is 9.78 Å². The third-order valence-corrected chi connectivity index (χ3v) is 8.74. The average Bonchev–Trinajstić information content (AvgIpc) is 2.96. The molecule has 1 fully saturated rings. The molecule has 0 atom stereocenters. The number of anilines is 1. The van der Waals surface area contributed by atoms with E-state index in [1.807, 2.05) is 4.90 Å². The summed E-state index contributed by atoms with van der Waals surface area (Å²) in [4.78, 5) is 32.2. The molecule has 0 aliphatic carbocycles. The van der Waals surface area contributed by atoms with Crippen LogP contribution in [0.3, 0.4) is 0 Å². The number of rotatable bonds is 6. The van der Waals surface area contributed by atoms with E-state index >= 15 is 0 Å². The first-order valence-electron chi connectivity index (χ1n) is 14.3. The highest BCUT2D eigenvalue weighted by molar-refractivity contribution is 7.62. The number of cyclic esters (lactones) is 1. The largest absolute Gasteiger partial charge is 0.444 e. The number of primary amides is 1. The van der Waals surface area contributed by atoms with E-state index in [1.54, 1.807) is 38.5 Å². The van der Waals surface area contributed by atoms with Crippen molar-refractivity contribution >= 4 is 25.0 Å². The maximum Gasteiger partial charge on any atom is 0.416 e. The van der Waals surface area contributed by atoms with Crippen molar-refractivity contribution in [3.8, 4) is 23.0 Å². The lowest BCUT2D eigenvalue weighted by molar-refractivity contribution is -0.138. The number of nitrogens with zero attached hydrogens (tertiary/aromatic N) is 3. The zero-order valence-corrected chi connectivity index (χ0v) is 26.0. The quantitative estimate of drug-likeness (QED) is 0.277. The summed E-state index contributed by atoms with van der Waals surface area (Å²) in [5.41, 5.74) is 7.54. The summed E-state index contributed by atoms with van der Waals surface area (Å²) in [6.07, 6.45) is -3.31. The van der Waals surface area contributed by atoms with Crippen LogP contribution in [-0.2, 0) is 28.6 Å². The Morgan fingerprint density at radius 2 is 1.80 bits per heavy atom. The number of halogens is 3. The number of pyridine rings is 1. The van der Waals surface area contributed by atoms with E-state index in [4.69, 9.17) is 10.5 Å². The Labute approximate surface area is 259 Å². The number of hydrogen-bond donors (Lipinski definition) is 2. The zero-order valence-electron chi connectivity index (χ0n) is 25.1. The summed E-state index contributed by atoms with van der Waals surface area (Å²) < 4.78 is 60.7. The second-order valence-corrected chi connectivity index (χ2v) is 15.1. The molecule has 13 heteroatoms. The number of aryl methyl sites for hydroxylation is 1. The van der Waals surface area contributed by atoms with Gasteiger partial charge in [-0.05, 0) is 55.1 Å². The summed E-state index contributed by atoms with van der Waals surface area (Å²) in [6.45, 7) is 7.68. The lowest BCUT2D eigenvalue weighted by atomic mass is 9.89. The lowest BCUT2D eigenvalue weighted by Crippen LogP contribution is -2.46. The van der Waals surface area contributed by atoms with Crippen LogP contribution in [0.15, 0.2) is 42.6 Å². The van der Waals surface area contributed by atoms with Crippen LogP contribution in [0, 0.1) is 18.8 Å². The van der Waals surface area contributed by atoms with Gasteiger partial charge in [-0.1, -0.05) is 30.0 Å². The van der Waals surface area contributed by atoms with Gasteiger partial charge in [0.15, 0.2) is 0 Å². The number of piperazine rings is 1. The van der Waals surface area contributed by atoms with E-state index < -0.39 is 30.9 Å². The Morgan fingerprint density at radius 3 is 2.47 bits per heavy atom. The number of amides is 2. The molecule has 2 aliphatic heterocycles. The second-order valence-electron chi connectivity index (χ2n) is 11.7. The zero-order chi connectivity index (χ0) is 32.5. The van der Waals surface area contributed by atoms with Gasteiger partial charge in [-0.3, -0.25) is 19.9 Å². The van der Waals surface area contributed by atoms with E-state index in [1.165, 1.54) is 18.3 Å². The van der Waals surface area contributed by atoms with Crippen molar-refractivity contribution in [2.24, 2.45) is 5.73 Å². The molecule has 236 valence electrons. The summed E-state index contributed by atoms with van der Waals surface area (Å²) >= 11 is 0. The van der Waals surface area contributed by atoms with Crippen molar-refractivity contribution in [1.82, 2.24) is 14.8 Å². The molecule has 45 heavy (non-hydrogen) atoms. The first kappa shape index (κ1) is 32.2. The molecule has 5 rings (SSSR count). The number of carbonyl (C=O) groups excluding carboxylic acids is 2. The number of nitrogens with one attached hydrogen (secondary N) is 1. The molecule has 1 aromatic heterocycles. The Hall–Kier alpha value is -4.17. The van der Waals surface area contributed by atoms with Crippen LogP contribution < -0.4 is 11.1 Å². The van der Waals surface area contributed by atoms with Gasteiger partial charge in [0.05, 0.1) is 19.0 Å². The fourth-order valence-electron chi connectivity index (χ4n) is 5.53. The first-order valence-corrected chi connectivity index (χ1v) is 17.0. The minimum atomic E-state index is -4.65. The molecular weight excluding hydrogens is 606 g/mol. The van der Waals surface area contributed by atoms with Gasteiger partial charge >= 0.3 is 12.3 Å². The Morgan fingerprint density at radius 1 is 1.09 bits per heavy atom. The molecular formula is C32H33F3N5O4P. The maximum absolute atomic E-state index is 14.5. The second kappa shape index (κ2) is 12.7. The smallest absolute Gasteiger partial charge is 0.416 e. The Bertz CT molecular complexity index is 1770. The topological polar surface area (TPSA) is 118 Å². The van der Waals surface area contributed by atoms with Crippen LogP contribution in [0.2, 0.25) is 0 Å². The predicted octanol–water partition coefficient (Wildman–Crippen LogP) is 5.33. The summed E-state index contributed by atoms with van der Waals surface area (Å²) in [6, 6.07) is 8.91. The minimum Gasteiger partial charge on any atom is -0.444 e. The number of carbonyl (C=O) groups is 2. The average molecular weight is 640 g/mol. The number of alkyl halides is 3. The highest BCUT2D eigenvalue weighted by atomic mass is 31.2. The normalized spacial score (nSPS) is 15.8. The maximum atomic E-state index is 14.5. The van der Waals surface area contributed by atoms with E-state index in [0.29, 0.717) is 60.5 Å². The summed E-state index contributed by atoms with van der Waals surface area (Å²) in [7, 11) is -2.24. The van der Waals surface area contributed by atoms with Crippen molar-refractivity contribution in [2.75, 3.05) is 51.1 Å². The lowest BCUT2D eigenvalue weighted by Gasteiger charge is -2.35. The third-order valence-electron chi connectivity index (χ3n) is 7.66. The third kappa shape index (κ3) is 7.74. The van der Waals surface area contributed by atoms with Crippen molar-refractivity contribution in [1.29, 1.82) is 0 Å². The Balaban J connectivity index is 1.50. The highest BCUT2D eigenvalue weighted by Crippen LogP contribution is 2.39. The van der Waals surface area contributed by atoms with E-state index in [2.05, 4.69) is 27.0 Å². The first-order chi connectivity index (χ1) is 21.2. The number of fused-ring (bicyclic) bond motifs is 1. The monoisotopic (exact) mass is 639 g/mol. The van der Waals surface area contributed by atoms with Gasteiger partial charge in [0.25, 0.3) is 0 Å². The molecule has 3 heterocycles. The van der Waals surface area contributed by atoms with Crippen LogP contribution >= 0.6 is 7.14 Å². The number of hydrogen-bond acceptors (Lipinski definition) is 7. The fourth-order valence-corrected chi connectivity index (χ4v) is 6.78. The van der Waals surface area contributed by atoms with Crippen LogP contribution in [0.4, 0.5) is 23.8 Å². The van der Waals surface area contributed by atoms with Crippen LogP contribution in [0.25, 0.3) is 11.1 Å². The van der Waals surface area contributed by atoms with Crippen molar-refractivity contribution < 1.29 is 32.1 Å². The number of ether oxygens (including phenoxy) is 1. The fraction of sp³-hybridized carbons (Fsp3) is 0.344. The molecule has 0 saturated carbocycles. The van der Waals surface area contributed by atoms with Gasteiger partial charge in [0.2, 0.25) is 5.91 Å². The molecule has 2 amide bonds. The van der Waals surface area contributed by atoms with Crippen LogP contribution in [-0.4, -0.2) is 72.6 Å².